The van der Waals surface area contributed by atoms with E-state index in [1.54, 1.807) is 0 Å². The Hall–Kier alpha value is 0. The lowest BCUT2D eigenvalue weighted by molar-refractivity contribution is 0.117. The van der Waals surface area contributed by atoms with Crippen LogP contribution >= 0.6 is 0 Å². The van der Waals surface area contributed by atoms with Crippen LogP contribution in [0, 0.1) is 34.5 Å². The largest absolute Gasteiger partial charge is 0.0628 e. The van der Waals surface area contributed by atoms with Gasteiger partial charge < -0.3 is 0 Å². The maximum absolute atomic E-state index is 2.39. The molecule has 2 saturated carbocycles. The SMILES string of the molecule is CC(C)CC1(CC(C)C)CCCC1.CC(C)CC1(CC(C)C)CCCCC1. The third kappa shape index (κ3) is 9.85. The highest BCUT2D eigenvalue weighted by Crippen LogP contribution is 2.47. The van der Waals surface area contributed by atoms with Crippen molar-refractivity contribution in [2.45, 2.75) is 139 Å². The van der Waals surface area contributed by atoms with Crippen LogP contribution in [0.15, 0.2) is 0 Å². The van der Waals surface area contributed by atoms with Gasteiger partial charge in [0.1, 0.15) is 0 Å². The Labute approximate surface area is 173 Å². The number of rotatable bonds is 8. The van der Waals surface area contributed by atoms with E-state index in [4.69, 9.17) is 0 Å². The van der Waals surface area contributed by atoms with E-state index in [1.165, 1.54) is 83.5 Å². The van der Waals surface area contributed by atoms with Gasteiger partial charge in [-0.1, -0.05) is 87.5 Å². The molecule has 0 saturated heterocycles. The molecule has 0 aromatic carbocycles. The molecule has 0 amide bonds. The van der Waals surface area contributed by atoms with Crippen molar-refractivity contribution in [1.82, 2.24) is 0 Å². The lowest BCUT2D eigenvalue weighted by atomic mass is 9.65. The van der Waals surface area contributed by atoms with E-state index in [0.29, 0.717) is 0 Å². The second-order valence-electron chi connectivity index (χ2n) is 12.2. The fraction of sp³-hybridized carbons (Fsp3) is 1.00. The molecule has 0 N–H and O–H groups in total. The first kappa shape index (κ1) is 25.0. The molecule has 2 fully saturated rings. The smallest absolute Gasteiger partial charge is 0.0293 e. The van der Waals surface area contributed by atoms with E-state index < -0.39 is 0 Å². The van der Waals surface area contributed by atoms with Crippen LogP contribution < -0.4 is 0 Å². The molecule has 0 atom stereocenters. The van der Waals surface area contributed by atoms with Gasteiger partial charge in [-0.05, 0) is 85.9 Å². The van der Waals surface area contributed by atoms with Crippen molar-refractivity contribution in [3.8, 4) is 0 Å². The first-order chi connectivity index (χ1) is 12.6. The van der Waals surface area contributed by atoms with Crippen LogP contribution in [0.5, 0.6) is 0 Å². The van der Waals surface area contributed by atoms with E-state index in [1.807, 2.05) is 0 Å². The van der Waals surface area contributed by atoms with Crippen molar-refractivity contribution in [2.24, 2.45) is 34.5 Å². The summed E-state index contributed by atoms with van der Waals surface area (Å²) in [6, 6.07) is 0. The minimum Gasteiger partial charge on any atom is -0.0628 e. The average Bonchev–Trinajstić information content (AvgIpc) is 2.93. The molecule has 27 heavy (non-hydrogen) atoms. The molecule has 0 aromatic rings. The third-order valence-electron chi connectivity index (χ3n) is 6.94. The first-order valence-electron chi connectivity index (χ1n) is 12.6. The summed E-state index contributed by atoms with van der Waals surface area (Å²) < 4.78 is 0. The summed E-state index contributed by atoms with van der Waals surface area (Å²) in [4.78, 5) is 0. The maximum atomic E-state index is 2.39. The van der Waals surface area contributed by atoms with Crippen molar-refractivity contribution in [2.75, 3.05) is 0 Å². The van der Waals surface area contributed by atoms with Gasteiger partial charge in [-0.25, -0.2) is 0 Å². The van der Waals surface area contributed by atoms with Crippen molar-refractivity contribution in [3.05, 3.63) is 0 Å². The minimum absolute atomic E-state index is 0.723. The van der Waals surface area contributed by atoms with Crippen LogP contribution in [0.25, 0.3) is 0 Å². The number of hydrogen-bond acceptors (Lipinski definition) is 0. The van der Waals surface area contributed by atoms with Crippen molar-refractivity contribution < 1.29 is 0 Å². The van der Waals surface area contributed by atoms with Crippen LogP contribution in [0.2, 0.25) is 0 Å². The highest BCUT2D eigenvalue weighted by atomic mass is 14.4. The Morgan fingerprint density at radius 1 is 0.407 bits per heavy atom. The summed E-state index contributed by atoms with van der Waals surface area (Å²) in [5, 5.41) is 0. The molecular formula is C27H54. The fourth-order valence-electron chi connectivity index (χ4n) is 6.87. The monoisotopic (exact) mass is 378 g/mol. The van der Waals surface area contributed by atoms with Crippen molar-refractivity contribution >= 4 is 0 Å². The van der Waals surface area contributed by atoms with E-state index in [-0.39, 0.29) is 0 Å². The molecule has 0 radical (unpaired) electrons. The molecule has 0 heteroatoms. The Balaban J connectivity index is 0.000000271. The summed E-state index contributed by atoms with van der Waals surface area (Å²) >= 11 is 0. The highest BCUT2D eigenvalue weighted by Gasteiger charge is 2.34. The van der Waals surface area contributed by atoms with Crippen LogP contribution in [-0.4, -0.2) is 0 Å². The topological polar surface area (TPSA) is 0 Å². The Kier molecular flexibility index (Phi) is 11.0. The first-order valence-corrected chi connectivity index (χ1v) is 12.6. The van der Waals surface area contributed by atoms with Crippen molar-refractivity contribution in [1.29, 1.82) is 0 Å². The molecule has 0 heterocycles. The molecular weight excluding hydrogens is 324 g/mol. The predicted octanol–water partition coefficient (Wildman–Crippen LogP) is 9.67. The standard InChI is InChI=1S/C14H28.C13H26/c1-12(2)10-14(11-13(3)4)8-6-5-7-9-14;1-11(2)9-13(10-12(3)4)7-5-6-8-13/h12-13H,5-11H2,1-4H3;11-12H,5-10H2,1-4H3. The summed E-state index contributed by atoms with van der Waals surface area (Å²) in [6.07, 6.45) is 19.3. The molecule has 0 nitrogen and oxygen atoms in total. The van der Waals surface area contributed by atoms with Crippen LogP contribution in [0.4, 0.5) is 0 Å². The fourth-order valence-corrected chi connectivity index (χ4v) is 6.87. The van der Waals surface area contributed by atoms with Crippen LogP contribution in [0.1, 0.15) is 139 Å². The van der Waals surface area contributed by atoms with E-state index >= 15 is 0 Å². The van der Waals surface area contributed by atoms with Gasteiger partial charge in [-0.15, -0.1) is 0 Å². The summed E-state index contributed by atoms with van der Waals surface area (Å²) in [6.45, 7) is 19.0. The second-order valence-corrected chi connectivity index (χ2v) is 12.2. The van der Waals surface area contributed by atoms with E-state index in [2.05, 4.69) is 55.4 Å². The quantitative estimate of drug-likeness (QED) is 0.394. The van der Waals surface area contributed by atoms with Gasteiger partial charge in [0, 0.05) is 0 Å². The normalized spacial score (nSPS) is 21.8. The van der Waals surface area contributed by atoms with Gasteiger partial charge in [0.25, 0.3) is 0 Å². The number of hydrogen-bond donors (Lipinski definition) is 0. The zero-order valence-electron chi connectivity index (χ0n) is 20.5. The molecule has 2 aliphatic rings. The van der Waals surface area contributed by atoms with Gasteiger partial charge in [-0.2, -0.15) is 0 Å². The third-order valence-corrected chi connectivity index (χ3v) is 6.94. The van der Waals surface area contributed by atoms with Crippen LogP contribution in [-0.2, 0) is 0 Å². The molecule has 0 bridgehead atoms. The van der Waals surface area contributed by atoms with Gasteiger partial charge in [0.2, 0.25) is 0 Å². The average molecular weight is 379 g/mol. The summed E-state index contributed by atoms with van der Waals surface area (Å²) in [5.41, 5.74) is 1.46. The zero-order chi connectivity index (χ0) is 20.5. The van der Waals surface area contributed by atoms with Gasteiger partial charge in [0.05, 0.1) is 0 Å². The Morgan fingerprint density at radius 3 is 0.852 bits per heavy atom. The molecule has 0 unspecified atom stereocenters. The lowest BCUT2D eigenvalue weighted by Gasteiger charge is -2.40. The summed E-state index contributed by atoms with van der Waals surface area (Å²) in [7, 11) is 0. The Bertz CT molecular complexity index is 337. The molecule has 162 valence electrons. The maximum Gasteiger partial charge on any atom is -0.0293 e. The molecule has 2 aliphatic carbocycles. The lowest BCUT2D eigenvalue weighted by Crippen LogP contribution is -2.27. The summed E-state index contributed by atoms with van der Waals surface area (Å²) in [5.74, 6) is 3.53. The second kappa shape index (κ2) is 11.9. The molecule has 0 aliphatic heterocycles. The van der Waals surface area contributed by atoms with Gasteiger partial charge in [0.15, 0.2) is 0 Å². The Morgan fingerprint density at radius 2 is 0.630 bits per heavy atom. The van der Waals surface area contributed by atoms with Gasteiger partial charge in [-0.3, -0.25) is 0 Å². The van der Waals surface area contributed by atoms with E-state index in [0.717, 1.165) is 34.5 Å². The van der Waals surface area contributed by atoms with E-state index in [9.17, 15) is 0 Å². The molecule has 0 spiro atoms. The minimum atomic E-state index is 0.723. The van der Waals surface area contributed by atoms with Gasteiger partial charge >= 0.3 is 0 Å². The molecule has 2 rings (SSSR count). The van der Waals surface area contributed by atoms with Crippen molar-refractivity contribution in [3.63, 3.8) is 0 Å². The van der Waals surface area contributed by atoms with Crippen LogP contribution in [0.3, 0.4) is 0 Å². The molecule has 0 aromatic heterocycles. The zero-order valence-corrected chi connectivity index (χ0v) is 20.5. The predicted molar refractivity (Wildman–Crippen MR) is 124 cm³/mol. The highest BCUT2D eigenvalue weighted by molar-refractivity contribution is 4.86.